The van der Waals surface area contributed by atoms with Gasteiger partial charge in [0.25, 0.3) is 0 Å². The molecule has 142 valence electrons. The molecule has 2 aromatic carbocycles. The molecule has 0 unspecified atom stereocenters. The summed E-state index contributed by atoms with van der Waals surface area (Å²) in [4.78, 5) is 15.0. The number of benzene rings is 2. The standard InChI is InChI=1S/C22H25FN2O2/c1-2-22(23,19-11-7-4-8-12-19)20(25-13-15-27-16-14-25)21(26)24-17-18-9-5-3-6-10-18/h2-12,20H,1,13-17H2,(H,24,26)/t20-,22+/m0/s1. The summed E-state index contributed by atoms with van der Waals surface area (Å²) >= 11 is 0. The topological polar surface area (TPSA) is 41.6 Å². The summed E-state index contributed by atoms with van der Waals surface area (Å²) in [5.41, 5.74) is -0.611. The lowest BCUT2D eigenvalue weighted by Crippen LogP contribution is -2.58. The van der Waals surface area contributed by atoms with Gasteiger partial charge in [0, 0.05) is 19.6 Å². The van der Waals surface area contributed by atoms with Gasteiger partial charge in [0.1, 0.15) is 6.04 Å². The minimum atomic E-state index is -2.00. The third-order valence-electron chi connectivity index (χ3n) is 4.88. The molecule has 1 aliphatic rings. The molecule has 1 N–H and O–H groups in total. The van der Waals surface area contributed by atoms with Gasteiger partial charge in [-0.15, -0.1) is 0 Å². The van der Waals surface area contributed by atoms with Crippen molar-refractivity contribution in [1.29, 1.82) is 0 Å². The van der Waals surface area contributed by atoms with Gasteiger partial charge < -0.3 is 10.1 Å². The number of rotatable bonds is 7. The fourth-order valence-corrected chi connectivity index (χ4v) is 3.42. The van der Waals surface area contributed by atoms with Crippen LogP contribution in [0.3, 0.4) is 0 Å². The van der Waals surface area contributed by atoms with Crippen molar-refractivity contribution < 1.29 is 13.9 Å². The Balaban J connectivity index is 1.87. The van der Waals surface area contributed by atoms with Crippen molar-refractivity contribution in [2.75, 3.05) is 26.3 Å². The number of hydrogen-bond donors (Lipinski definition) is 1. The van der Waals surface area contributed by atoms with E-state index in [0.717, 1.165) is 5.56 Å². The number of amides is 1. The lowest BCUT2D eigenvalue weighted by molar-refractivity contribution is -0.134. The first-order chi connectivity index (χ1) is 13.1. The van der Waals surface area contributed by atoms with Crippen molar-refractivity contribution in [3.05, 3.63) is 84.4 Å². The third-order valence-corrected chi connectivity index (χ3v) is 4.88. The van der Waals surface area contributed by atoms with Crippen LogP contribution in [0.5, 0.6) is 0 Å². The van der Waals surface area contributed by atoms with Crippen LogP contribution >= 0.6 is 0 Å². The van der Waals surface area contributed by atoms with E-state index in [1.807, 2.05) is 41.3 Å². The molecule has 0 saturated carbocycles. The van der Waals surface area contributed by atoms with Crippen LogP contribution in [0.15, 0.2) is 73.3 Å². The first-order valence-electron chi connectivity index (χ1n) is 9.16. The molecule has 0 aliphatic carbocycles. The number of carbonyl (C=O) groups excluding carboxylic acids is 1. The maximum absolute atomic E-state index is 16.2. The molecular weight excluding hydrogens is 343 g/mol. The molecule has 1 amide bonds. The predicted molar refractivity (Wildman–Crippen MR) is 104 cm³/mol. The van der Waals surface area contributed by atoms with Crippen LogP contribution in [0.4, 0.5) is 4.39 Å². The van der Waals surface area contributed by atoms with E-state index in [1.54, 1.807) is 24.3 Å². The average Bonchev–Trinajstić information content (AvgIpc) is 2.74. The Kier molecular flexibility index (Phi) is 6.37. The van der Waals surface area contributed by atoms with Gasteiger partial charge in [-0.1, -0.05) is 67.2 Å². The van der Waals surface area contributed by atoms with E-state index in [1.165, 1.54) is 6.08 Å². The van der Waals surface area contributed by atoms with Crippen LogP contribution in [0.1, 0.15) is 11.1 Å². The number of nitrogens with one attached hydrogen (secondary N) is 1. The predicted octanol–water partition coefficient (Wildman–Crippen LogP) is 3.05. The Morgan fingerprint density at radius 3 is 2.33 bits per heavy atom. The SMILES string of the molecule is C=C[C@@](F)(c1ccccc1)[C@H](C(=O)NCc1ccccc1)N1CCOCC1. The number of alkyl halides is 1. The summed E-state index contributed by atoms with van der Waals surface area (Å²) < 4.78 is 21.6. The van der Waals surface area contributed by atoms with Gasteiger partial charge in [0.15, 0.2) is 5.67 Å². The first-order valence-corrected chi connectivity index (χ1v) is 9.16. The molecule has 0 aromatic heterocycles. The Morgan fingerprint density at radius 2 is 1.74 bits per heavy atom. The van der Waals surface area contributed by atoms with Gasteiger partial charge in [0.2, 0.25) is 5.91 Å². The monoisotopic (exact) mass is 368 g/mol. The Labute approximate surface area is 159 Å². The molecule has 2 atom stereocenters. The minimum absolute atomic E-state index is 0.350. The smallest absolute Gasteiger partial charge is 0.241 e. The fraction of sp³-hybridized carbons (Fsp3) is 0.318. The third kappa shape index (κ3) is 4.43. The molecule has 1 aliphatic heterocycles. The van der Waals surface area contributed by atoms with Crippen LogP contribution in [-0.4, -0.2) is 43.2 Å². The van der Waals surface area contributed by atoms with Crippen molar-refractivity contribution >= 4 is 5.91 Å². The second-order valence-electron chi connectivity index (χ2n) is 6.59. The van der Waals surface area contributed by atoms with E-state index < -0.39 is 11.7 Å². The Morgan fingerprint density at radius 1 is 1.15 bits per heavy atom. The number of halogens is 1. The molecule has 0 bridgehead atoms. The average molecular weight is 368 g/mol. The highest BCUT2D eigenvalue weighted by Gasteiger charge is 2.46. The van der Waals surface area contributed by atoms with E-state index in [2.05, 4.69) is 11.9 Å². The molecule has 27 heavy (non-hydrogen) atoms. The van der Waals surface area contributed by atoms with E-state index in [-0.39, 0.29) is 5.91 Å². The molecule has 1 heterocycles. The van der Waals surface area contributed by atoms with E-state index in [4.69, 9.17) is 4.74 Å². The molecule has 4 nitrogen and oxygen atoms in total. The number of ether oxygens (including phenoxy) is 1. The van der Waals surface area contributed by atoms with Crippen LogP contribution in [0.2, 0.25) is 0 Å². The van der Waals surface area contributed by atoms with Crippen LogP contribution in [0.25, 0.3) is 0 Å². The second kappa shape index (κ2) is 8.93. The molecule has 1 saturated heterocycles. The second-order valence-corrected chi connectivity index (χ2v) is 6.59. The zero-order valence-corrected chi connectivity index (χ0v) is 15.3. The number of nitrogens with zero attached hydrogens (tertiary/aromatic N) is 1. The summed E-state index contributed by atoms with van der Waals surface area (Å²) in [6.07, 6.45) is 1.24. The maximum Gasteiger partial charge on any atom is 0.241 e. The van der Waals surface area contributed by atoms with Crippen molar-refractivity contribution in [1.82, 2.24) is 10.2 Å². The highest BCUT2D eigenvalue weighted by Crippen LogP contribution is 2.35. The molecule has 3 rings (SSSR count). The number of carbonyl (C=O) groups is 1. The van der Waals surface area contributed by atoms with Crippen molar-refractivity contribution in [2.24, 2.45) is 0 Å². The summed E-state index contributed by atoms with van der Waals surface area (Å²) in [6, 6.07) is 17.3. The first kappa shape index (κ1) is 19.3. The molecule has 2 aromatic rings. The largest absolute Gasteiger partial charge is 0.379 e. The summed E-state index contributed by atoms with van der Waals surface area (Å²) in [5.74, 6) is -0.355. The van der Waals surface area contributed by atoms with Gasteiger partial charge in [-0.3, -0.25) is 9.69 Å². The number of morpholine rings is 1. The van der Waals surface area contributed by atoms with Gasteiger partial charge in [-0.05, 0) is 17.2 Å². The van der Waals surface area contributed by atoms with Gasteiger partial charge in [0.05, 0.1) is 13.2 Å². The normalized spacial score (nSPS) is 18.3. The highest BCUT2D eigenvalue weighted by molar-refractivity contribution is 5.84. The van der Waals surface area contributed by atoms with Gasteiger partial charge >= 0.3 is 0 Å². The molecule has 0 radical (unpaired) electrons. The van der Waals surface area contributed by atoms with Crippen molar-refractivity contribution in [3.63, 3.8) is 0 Å². The zero-order chi connectivity index (χ0) is 19.1. The fourth-order valence-electron chi connectivity index (χ4n) is 3.42. The van der Waals surface area contributed by atoms with Gasteiger partial charge in [-0.2, -0.15) is 0 Å². The zero-order valence-electron chi connectivity index (χ0n) is 15.3. The molecule has 0 spiro atoms. The number of hydrogen-bond acceptors (Lipinski definition) is 3. The van der Waals surface area contributed by atoms with E-state index in [0.29, 0.717) is 38.4 Å². The summed E-state index contributed by atoms with van der Waals surface area (Å²) in [7, 11) is 0. The quantitative estimate of drug-likeness (QED) is 0.764. The maximum atomic E-state index is 16.2. The minimum Gasteiger partial charge on any atom is -0.379 e. The van der Waals surface area contributed by atoms with Crippen LogP contribution in [-0.2, 0) is 21.7 Å². The van der Waals surface area contributed by atoms with Crippen LogP contribution in [0, 0.1) is 0 Å². The summed E-state index contributed by atoms with van der Waals surface area (Å²) in [5, 5.41) is 2.90. The van der Waals surface area contributed by atoms with E-state index >= 15 is 4.39 Å². The lowest BCUT2D eigenvalue weighted by atomic mass is 9.86. The van der Waals surface area contributed by atoms with Crippen molar-refractivity contribution in [3.8, 4) is 0 Å². The lowest BCUT2D eigenvalue weighted by Gasteiger charge is -2.40. The molecule has 1 fully saturated rings. The van der Waals surface area contributed by atoms with E-state index in [9.17, 15) is 4.79 Å². The Hall–Kier alpha value is -2.50. The molecular formula is C22H25FN2O2. The van der Waals surface area contributed by atoms with Gasteiger partial charge in [-0.25, -0.2) is 4.39 Å². The van der Waals surface area contributed by atoms with Crippen molar-refractivity contribution in [2.45, 2.75) is 18.3 Å². The Bertz CT molecular complexity index is 747. The summed E-state index contributed by atoms with van der Waals surface area (Å²) in [6.45, 7) is 6.01. The van der Waals surface area contributed by atoms with Crippen LogP contribution < -0.4 is 5.32 Å². The molecule has 5 heteroatoms. The highest BCUT2D eigenvalue weighted by atomic mass is 19.1.